The molecule has 0 aromatic carbocycles. The van der Waals surface area contributed by atoms with Crippen molar-refractivity contribution >= 4 is 17.6 Å². The molecule has 126 valence electrons. The van der Waals surface area contributed by atoms with Gasteiger partial charge in [-0.05, 0) is 38.6 Å². The van der Waals surface area contributed by atoms with E-state index in [0.717, 1.165) is 25.6 Å². The summed E-state index contributed by atoms with van der Waals surface area (Å²) in [5, 5.41) is 2.82. The van der Waals surface area contributed by atoms with Crippen molar-refractivity contribution < 1.29 is 14.8 Å². The van der Waals surface area contributed by atoms with Crippen LogP contribution in [-0.4, -0.2) is 73.2 Å². The highest BCUT2D eigenvalue weighted by atomic mass is 35.5. The van der Waals surface area contributed by atoms with Crippen molar-refractivity contribution in [1.29, 1.82) is 0 Å². The largest absolute Gasteiger partial charge is 0.468 e. The van der Waals surface area contributed by atoms with E-state index in [0.29, 0.717) is 17.5 Å². The zero-order chi connectivity index (χ0) is 15.7. The van der Waals surface area contributed by atoms with Gasteiger partial charge in [-0.3, -0.25) is 9.69 Å². The number of esters is 1. The summed E-state index contributed by atoms with van der Waals surface area (Å²) in [4.78, 5) is 16.7. The molecule has 3 aliphatic rings. The number of rotatable bonds is 3. The molecule has 2 heterocycles. The van der Waals surface area contributed by atoms with Gasteiger partial charge in [-0.2, -0.15) is 0 Å². The molecule has 0 bridgehead atoms. The molecule has 1 aliphatic carbocycles. The number of hydrogen-bond donors (Lipinski definition) is 1. The van der Waals surface area contributed by atoms with E-state index in [9.17, 15) is 4.79 Å². The molecule has 2 saturated heterocycles. The van der Waals surface area contributed by atoms with Gasteiger partial charge in [-0.25, -0.2) is 4.90 Å². The summed E-state index contributed by atoms with van der Waals surface area (Å²) in [7, 11) is 3.53. The normalized spacial score (nSPS) is 40.4. The van der Waals surface area contributed by atoms with Crippen molar-refractivity contribution in [3.05, 3.63) is 0 Å². The van der Waals surface area contributed by atoms with Crippen LogP contribution in [0.1, 0.15) is 32.1 Å². The fourth-order valence-electron chi connectivity index (χ4n) is 4.46. The average Bonchev–Trinajstić information content (AvgIpc) is 2.90. The predicted molar refractivity (Wildman–Crippen MR) is 85.7 cm³/mol. The summed E-state index contributed by atoms with van der Waals surface area (Å²) in [5.74, 6) is 0.707. The number of carbonyl (C=O) groups excluding carboxylic acids is 1. The first-order chi connectivity index (χ1) is 10.6. The first-order valence-corrected chi connectivity index (χ1v) is 9.01. The second-order valence-corrected chi connectivity index (χ2v) is 7.87. The molecule has 3 rings (SSSR count). The lowest BCUT2D eigenvalue weighted by Gasteiger charge is -2.39. The molecule has 3 unspecified atom stereocenters. The van der Waals surface area contributed by atoms with E-state index in [2.05, 4.69) is 15.1 Å². The number of nitrogens with two attached hydrogens (primary N) is 1. The topological polar surface area (TPSA) is 49.4 Å². The first-order valence-electron chi connectivity index (χ1n) is 8.58. The lowest BCUT2D eigenvalue weighted by atomic mass is 9.87. The number of likely N-dealkylation sites (N-methyl/N-ethyl adjacent to an activating group) is 1. The summed E-state index contributed by atoms with van der Waals surface area (Å²) in [6.07, 6.45) is 5.77. The van der Waals surface area contributed by atoms with Gasteiger partial charge in [0.2, 0.25) is 0 Å². The van der Waals surface area contributed by atoms with Crippen LogP contribution in [0.3, 0.4) is 0 Å². The molecule has 5 nitrogen and oxygen atoms in total. The standard InChI is InChI=1S/C16H28ClN3O2/c1-19-9-15-13(7-14(19)16(21)22-2)18-10-20(15)8-11-3-5-12(17)6-4-11/h11-15,18H,3-10H2,1-2H3/p+1. The summed E-state index contributed by atoms with van der Waals surface area (Å²) in [6, 6.07) is 1.03. The molecular weight excluding hydrogens is 302 g/mol. The Morgan fingerprint density at radius 2 is 2.05 bits per heavy atom. The van der Waals surface area contributed by atoms with Crippen LogP contribution in [0.4, 0.5) is 0 Å². The number of piperidine rings is 1. The van der Waals surface area contributed by atoms with Crippen LogP contribution in [0, 0.1) is 5.92 Å². The quantitative estimate of drug-likeness (QED) is 0.595. The van der Waals surface area contributed by atoms with Crippen LogP contribution in [0.25, 0.3) is 0 Å². The van der Waals surface area contributed by atoms with E-state index in [1.165, 1.54) is 39.3 Å². The molecule has 0 amide bonds. The SMILES string of the molecule is COC(=O)C1CC2[NH2+]CN(CC3CCC(Cl)CC3)C2CN1C. The molecule has 1 saturated carbocycles. The number of nitrogens with zero attached hydrogens (tertiary/aromatic N) is 2. The van der Waals surface area contributed by atoms with Crippen molar-refractivity contribution in [2.75, 3.05) is 33.9 Å². The van der Waals surface area contributed by atoms with Gasteiger partial charge in [0.25, 0.3) is 0 Å². The van der Waals surface area contributed by atoms with Crippen molar-refractivity contribution in [2.45, 2.75) is 55.6 Å². The number of methoxy groups -OCH3 is 1. The maximum Gasteiger partial charge on any atom is 0.323 e. The number of likely N-dealkylation sites (tertiary alicyclic amines) is 1. The second kappa shape index (κ2) is 7.04. The zero-order valence-electron chi connectivity index (χ0n) is 13.7. The lowest BCUT2D eigenvalue weighted by molar-refractivity contribution is -0.678. The van der Waals surface area contributed by atoms with E-state index in [1.807, 2.05) is 7.05 Å². The van der Waals surface area contributed by atoms with Crippen LogP contribution < -0.4 is 5.32 Å². The fraction of sp³-hybridized carbons (Fsp3) is 0.938. The Morgan fingerprint density at radius 1 is 1.32 bits per heavy atom. The number of quaternary nitrogens is 1. The highest BCUT2D eigenvalue weighted by Crippen LogP contribution is 2.30. The van der Waals surface area contributed by atoms with Crippen molar-refractivity contribution in [2.24, 2.45) is 5.92 Å². The lowest BCUT2D eigenvalue weighted by Crippen LogP contribution is -2.89. The number of halogens is 1. The Bertz CT molecular complexity index is 401. The van der Waals surface area contributed by atoms with Gasteiger partial charge in [0.15, 0.2) is 0 Å². The van der Waals surface area contributed by atoms with Crippen LogP contribution >= 0.6 is 11.6 Å². The second-order valence-electron chi connectivity index (χ2n) is 7.25. The molecule has 0 spiro atoms. The molecule has 22 heavy (non-hydrogen) atoms. The third kappa shape index (κ3) is 3.42. The van der Waals surface area contributed by atoms with Crippen LogP contribution in [0.15, 0.2) is 0 Å². The van der Waals surface area contributed by atoms with Gasteiger partial charge in [0.05, 0.1) is 13.2 Å². The van der Waals surface area contributed by atoms with Crippen molar-refractivity contribution in [1.82, 2.24) is 9.80 Å². The molecule has 0 aromatic rings. The summed E-state index contributed by atoms with van der Waals surface area (Å²) in [5.41, 5.74) is 0. The fourth-order valence-corrected chi connectivity index (χ4v) is 4.71. The van der Waals surface area contributed by atoms with Gasteiger partial charge >= 0.3 is 5.97 Å². The molecule has 3 fully saturated rings. The molecule has 0 radical (unpaired) electrons. The molecular formula is C16H29ClN3O2+. The summed E-state index contributed by atoms with van der Waals surface area (Å²) >= 11 is 6.22. The third-order valence-electron chi connectivity index (χ3n) is 5.85. The highest BCUT2D eigenvalue weighted by molar-refractivity contribution is 6.20. The van der Waals surface area contributed by atoms with Crippen LogP contribution in [0.2, 0.25) is 0 Å². The van der Waals surface area contributed by atoms with Gasteiger partial charge < -0.3 is 10.1 Å². The average molecular weight is 331 g/mol. The van der Waals surface area contributed by atoms with Crippen molar-refractivity contribution in [3.8, 4) is 0 Å². The van der Waals surface area contributed by atoms with Gasteiger partial charge in [0, 0.05) is 24.9 Å². The minimum absolute atomic E-state index is 0.0749. The van der Waals surface area contributed by atoms with E-state index in [1.54, 1.807) is 0 Å². The van der Waals surface area contributed by atoms with E-state index in [-0.39, 0.29) is 12.0 Å². The minimum Gasteiger partial charge on any atom is -0.468 e. The Balaban J connectivity index is 1.56. The van der Waals surface area contributed by atoms with Gasteiger partial charge in [-0.1, -0.05) is 0 Å². The number of hydrogen-bond acceptors (Lipinski definition) is 4. The molecule has 2 N–H and O–H groups in total. The van der Waals surface area contributed by atoms with E-state index in [4.69, 9.17) is 16.3 Å². The maximum atomic E-state index is 11.9. The molecule has 3 atom stereocenters. The molecule has 2 aliphatic heterocycles. The Kier molecular flexibility index (Phi) is 5.28. The monoisotopic (exact) mass is 330 g/mol. The number of fused-ring (bicyclic) bond motifs is 1. The highest BCUT2D eigenvalue weighted by Gasteiger charge is 2.46. The smallest absolute Gasteiger partial charge is 0.323 e. The Labute approximate surface area is 138 Å². The zero-order valence-corrected chi connectivity index (χ0v) is 14.5. The Hall–Kier alpha value is -0.360. The number of carbonyl (C=O) groups is 1. The minimum atomic E-state index is -0.0896. The van der Waals surface area contributed by atoms with E-state index >= 15 is 0 Å². The third-order valence-corrected chi connectivity index (χ3v) is 6.29. The van der Waals surface area contributed by atoms with E-state index < -0.39 is 0 Å². The first kappa shape index (κ1) is 16.5. The summed E-state index contributed by atoms with van der Waals surface area (Å²) < 4.78 is 4.95. The van der Waals surface area contributed by atoms with Gasteiger partial charge in [0.1, 0.15) is 18.8 Å². The van der Waals surface area contributed by atoms with Crippen molar-refractivity contribution in [3.63, 3.8) is 0 Å². The van der Waals surface area contributed by atoms with Crippen LogP contribution in [0.5, 0.6) is 0 Å². The molecule has 0 aromatic heterocycles. The maximum absolute atomic E-state index is 11.9. The predicted octanol–water partition coefficient (Wildman–Crippen LogP) is 0.235. The number of alkyl halides is 1. The number of ether oxygens (including phenoxy) is 1. The van der Waals surface area contributed by atoms with Gasteiger partial charge in [-0.15, -0.1) is 11.6 Å². The summed E-state index contributed by atoms with van der Waals surface area (Å²) in [6.45, 7) is 3.22. The molecule has 6 heteroatoms. The Morgan fingerprint density at radius 3 is 2.73 bits per heavy atom. The van der Waals surface area contributed by atoms with Crippen LogP contribution in [-0.2, 0) is 9.53 Å².